The van der Waals surface area contributed by atoms with E-state index < -0.39 is 11.9 Å². The van der Waals surface area contributed by atoms with Gasteiger partial charge in [0, 0.05) is 18.0 Å². The molecule has 0 atom stereocenters. The topological polar surface area (TPSA) is 117 Å². The van der Waals surface area contributed by atoms with Crippen LogP contribution in [0.2, 0.25) is 0 Å². The van der Waals surface area contributed by atoms with Crippen LogP contribution in [0.3, 0.4) is 0 Å². The van der Waals surface area contributed by atoms with Gasteiger partial charge in [-0.05, 0) is 13.0 Å². The molecule has 0 saturated carbocycles. The van der Waals surface area contributed by atoms with E-state index in [1.54, 1.807) is 0 Å². The van der Waals surface area contributed by atoms with Gasteiger partial charge >= 0.3 is 5.97 Å². The number of nitrogens with zero attached hydrogens (tertiary/aromatic N) is 2. The third-order valence-corrected chi connectivity index (χ3v) is 2.52. The highest BCUT2D eigenvalue weighted by Gasteiger charge is 2.12. The van der Waals surface area contributed by atoms with Gasteiger partial charge in [-0.15, -0.1) is 0 Å². The number of carboxylic acid groups (broad SMARTS) is 1. The predicted molar refractivity (Wildman–Crippen MR) is 68.6 cm³/mol. The fourth-order valence-corrected chi connectivity index (χ4v) is 1.58. The number of H-pyrrole nitrogens is 1. The lowest BCUT2D eigenvalue weighted by atomic mass is 10.2. The first kappa shape index (κ1) is 13.5. The van der Waals surface area contributed by atoms with Crippen molar-refractivity contribution in [1.82, 2.24) is 14.8 Å². The second-order valence-corrected chi connectivity index (χ2v) is 4.13. The molecular weight excluding hydrogens is 264 g/mol. The standard InChI is InChI=1S/C12H12N4O4/c1-7(17)8-2-10(13-3-8)12(20)15-9-4-14-16(5-9)6-11(18)19/h2-5,13H,6H2,1H3,(H,15,20)(H,18,19). The average molecular weight is 276 g/mol. The second-order valence-electron chi connectivity index (χ2n) is 4.13. The molecular formula is C12H12N4O4. The Balaban J connectivity index is 2.05. The number of aromatic nitrogens is 3. The monoisotopic (exact) mass is 276 g/mol. The Morgan fingerprint density at radius 3 is 2.80 bits per heavy atom. The van der Waals surface area contributed by atoms with Crippen molar-refractivity contribution < 1.29 is 19.5 Å². The van der Waals surface area contributed by atoms with Gasteiger partial charge in [0.15, 0.2) is 5.78 Å². The maximum Gasteiger partial charge on any atom is 0.325 e. The summed E-state index contributed by atoms with van der Waals surface area (Å²) in [6.45, 7) is 1.12. The Morgan fingerprint density at radius 1 is 1.45 bits per heavy atom. The Kier molecular flexibility index (Phi) is 3.65. The highest BCUT2D eigenvalue weighted by atomic mass is 16.4. The zero-order valence-corrected chi connectivity index (χ0v) is 10.6. The number of hydrogen-bond acceptors (Lipinski definition) is 4. The summed E-state index contributed by atoms with van der Waals surface area (Å²) in [7, 11) is 0. The van der Waals surface area contributed by atoms with Crippen LogP contribution in [-0.4, -0.2) is 37.5 Å². The molecule has 0 aromatic carbocycles. The molecule has 0 radical (unpaired) electrons. The summed E-state index contributed by atoms with van der Waals surface area (Å²) < 4.78 is 1.19. The zero-order valence-electron chi connectivity index (χ0n) is 10.6. The number of hydrogen-bond donors (Lipinski definition) is 3. The molecule has 1 amide bonds. The summed E-state index contributed by atoms with van der Waals surface area (Å²) in [5.41, 5.74) is 1.02. The Hall–Kier alpha value is -2.90. The maximum absolute atomic E-state index is 11.9. The summed E-state index contributed by atoms with van der Waals surface area (Å²) in [5, 5.41) is 14.9. The highest BCUT2D eigenvalue weighted by Crippen LogP contribution is 2.09. The van der Waals surface area contributed by atoms with E-state index in [1.165, 1.54) is 36.3 Å². The Labute approximate surface area is 113 Å². The van der Waals surface area contributed by atoms with Gasteiger partial charge in [0.05, 0.1) is 11.9 Å². The molecule has 2 aromatic rings. The number of Topliss-reactive ketones (excluding diaryl/α,β-unsaturated/α-hetero) is 1. The summed E-state index contributed by atoms with van der Waals surface area (Å²) in [5.74, 6) is -1.61. The molecule has 104 valence electrons. The van der Waals surface area contributed by atoms with Gasteiger partial charge in [0.2, 0.25) is 0 Å². The number of ketones is 1. The molecule has 0 aliphatic rings. The lowest BCUT2D eigenvalue weighted by Gasteiger charge is -1.99. The Morgan fingerprint density at radius 2 is 2.20 bits per heavy atom. The lowest BCUT2D eigenvalue weighted by molar-refractivity contribution is -0.137. The van der Waals surface area contributed by atoms with E-state index in [1.807, 2.05) is 0 Å². The van der Waals surface area contributed by atoms with Crippen LogP contribution in [0.4, 0.5) is 5.69 Å². The number of carboxylic acids is 1. The van der Waals surface area contributed by atoms with Gasteiger partial charge in [0.25, 0.3) is 5.91 Å². The van der Waals surface area contributed by atoms with Gasteiger partial charge in [-0.3, -0.25) is 19.1 Å². The quantitative estimate of drug-likeness (QED) is 0.696. The van der Waals surface area contributed by atoms with E-state index in [2.05, 4.69) is 15.4 Å². The van der Waals surface area contributed by atoms with Crippen LogP contribution >= 0.6 is 0 Å². The fraction of sp³-hybridized carbons (Fsp3) is 0.167. The third-order valence-electron chi connectivity index (χ3n) is 2.52. The smallest absolute Gasteiger partial charge is 0.325 e. The number of nitrogens with one attached hydrogen (secondary N) is 2. The number of carbonyl (C=O) groups excluding carboxylic acids is 2. The number of aromatic amines is 1. The normalized spacial score (nSPS) is 10.2. The van der Waals surface area contributed by atoms with Crippen LogP contribution in [0.5, 0.6) is 0 Å². The molecule has 2 heterocycles. The summed E-state index contributed by atoms with van der Waals surface area (Å²) >= 11 is 0. The minimum absolute atomic E-state index is 0.144. The van der Waals surface area contributed by atoms with Crippen molar-refractivity contribution in [2.45, 2.75) is 13.5 Å². The SMILES string of the molecule is CC(=O)c1c[nH]c(C(=O)Nc2cnn(CC(=O)O)c2)c1. The van der Waals surface area contributed by atoms with Crippen LogP contribution in [-0.2, 0) is 11.3 Å². The van der Waals surface area contributed by atoms with E-state index >= 15 is 0 Å². The van der Waals surface area contributed by atoms with Crippen molar-refractivity contribution in [3.63, 3.8) is 0 Å². The molecule has 0 spiro atoms. The minimum Gasteiger partial charge on any atom is -0.480 e. The van der Waals surface area contributed by atoms with Gasteiger partial charge in [0.1, 0.15) is 12.2 Å². The molecule has 0 saturated heterocycles. The third kappa shape index (κ3) is 3.10. The second kappa shape index (κ2) is 5.39. The minimum atomic E-state index is -1.03. The van der Waals surface area contributed by atoms with Crippen molar-refractivity contribution in [3.05, 3.63) is 35.9 Å². The predicted octanol–water partition coefficient (Wildman–Crippen LogP) is 0.751. The molecule has 20 heavy (non-hydrogen) atoms. The lowest BCUT2D eigenvalue weighted by Crippen LogP contribution is -2.12. The molecule has 0 bridgehead atoms. The fourth-order valence-electron chi connectivity index (χ4n) is 1.58. The number of rotatable bonds is 5. The average Bonchev–Trinajstić information content (AvgIpc) is 2.97. The van der Waals surface area contributed by atoms with Gasteiger partial charge in [-0.25, -0.2) is 0 Å². The van der Waals surface area contributed by atoms with Crippen molar-refractivity contribution in [3.8, 4) is 0 Å². The summed E-state index contributed by atoms with van der Waals surface area (Å²) in [6.07, 6.45) is 4.20. The van der Waals surface area contributed by atoms with E-state index in [0.29, 0.717) is 11.3 Å². The van der Waals surface area contributed by atoms with Crippen LogP contribution < -0.4 is 5.32 Å². The number of carbonyl (C=O) groups is 3. The van der Waals surface area contributed by atoms with E-state index in [9.17, 15) is 14.4 Å². The first-order valence-electron chi connectivity index (χ1n) is 5.70. The zero-order chi connectivity index (χ0) is 14.7. The molecule has 0 aliphatic carbocycles. The van der Waals surface area contributed by atoms with Gasteiger partial charge < -0.3 is 15.4 Å². The number of anilines is 1. The van der Waals surface area contributed by atoms with E-state index in [4.69, 9.17) is 5.11 Å². The Bertz CT molecular complexity index is 671. The van der Waals surface area contributed by atoms with Crippen LogP contribution in [0.15, 0.2) is 24.7 Å². The van der Waals surface area contributed by atoms with Gasteiger partial charge in [-0.1, -0.05) is 0 Å². The molecule has 8 nitrogen and oxygen atoms in total. The van der Waals surface area contributed by atoms with Crippen molar-refractivity contribution >= 4 is 23.3 Å². The van der Waals surface area contributed by atoms with Crippen molar-refractivity contribution in [2.75, 3.05) is 5.32 Å². The van der Waals surface area contributed by atoms with Crippen molar-refractivity contribution in [1.29, 1.82) is 0 Å². The van der Waals surface area contributed by atoms with Gasteiger partial charge in [-0.2, -0.15) is 5.10 Å². The molecule has 2 aromatic heterocycles. The number of amides is 1. The van der Waals surface area contributed by atoms with Crippen molar-refractivity contribution in [2.24, 2.45) is 0 Å². The molecule has 0 aliphatic heterocycles. The van der Waals surface area contributed by atoms with Crippen LogP contribution in [0.25, 0.3) is 0 Å². The molecule has 2 rings (SSSR count). The first-order chi connectivity index (χ1) is 9.45. The maximum atomic E-state index is 11.9. The molecule has 0 fully saturated rings. The largest absolute Gasteiger partial charge is 0.480 e. The molecule has 0 unspecified atom stereocenters. The highest BCUT2D eigenvalue weighted by molar-refractivity contribution is 6.05. The summed E-state index contributed by atoms with van der Waals surface area (Å²) in [6, 6.07) is 1.44. The van der Waals surface area contributed by atoms with E-state index in [0.717, 1.165) is 0 Å². The number of aliphatic carboxylic acids is 1. The molecule has 8 heteroatoms. The van der Waals surface area contributed by atoms with E-state index in [-0.39, 0.29) is 18.0 Å². The van der Waals surface area contributed by atoms with Crippen LogP contribution in [0, 0.1) is 0 Å². The molecule has 3 N–H and O–H groups in total. The van der Waals surface area contributed by atoms with Crippen LogP contribution in [0.1, 0.15) is 27.8 Å². The summed E-state index contributed by atoms with van der Waals surface area (Å²) in [4.78, 5) is 36.2. The first-order valence-corrected chi connectivity index (χ1v) is 5.70.